The molecule has 0 aliphatic carbocycles. The zero-order chi connectivity index (χ0) is 16.6. The monoisotopic (exact) mass is 320 g/mol. The van der Waals surface area contributed by atoms with Gasteiger partial charge in [-0.3, -0.25) is 0 Å². The van der Waals surface area contributed by atoms with Crippen molar-refractivity contribution >= 4 is 22.5 Å². The molecule has 4 nitrogen and oxygen atoms in total. The molecule has 122 valence electrons. The highest BCUT2D eigenvalue weighted by Gasteiger charge is 2.02. The molecule has 0 aromatic heterocycles. The Kier molecular flexibility index (Phi) is 5.30. The molecule has 0 unspecified atom stereocenters. The second-order valence-corrected chi connectivity index (χ2v) is 5.46. The molecule has 0 saturated heterocycles. The molecule has 0 radical (unpaired) electrons. The maximum Gasteiger partial charge on any atom is 0.319 e. The van der Waals surface area contributed by atoms with Crippen molar-refractivity contribution in [3.05, 3.63) is 72.8 Å². The van der Waals surface area contributed by atoms with Gasteiger partial charge in [0, 0.05) is 12.2 Å². The first-order valence-electron chi connectivity index (χ1n) is 8.03. The van der Waals surface area contributed by atoms with Gasteiger partial charge in [0.15, 0.2) is 0 Å². The molecule has 0 heterocycles. The Labute approximate surface area is 141 Å². The van der Waals surface area contributed by atoms with Crippen LogP contribution in [0.1, 0.15) is 6.42 Å². The maximum absolute atomic E-state index is 11.9. The van der Waals surface area contributed by atoms with Crippen molar-refractivity contribution in [2.75, 3.05) is 18.5 Å². The number of carbonyl (C=O) groups excluding carboxylic acids is 1. The van der Waals surface area contributed by atoms with Gasteiger partial charge in [0.2, 0.25) is 0 Å². The minimum Gasteiger partial charge on any atom is -0.494 e. The second kappa shape index (κ2) is 8.02. The van der Waals surface area contributed by atoms with E-state index >= 15 is 0 Å². The summed E-state index contributed by atoms with van der Waals surface area (Å²) in [6.07, 6.45) is 0.750. The molecule has 24 heavy (non-hydrogen) atoms. The second-order valence-electron chi connectivity index (χ2n) is 5.46. The third-order valence-corrected chi connectivity index (χ3v) is 3.63. The first kappa shape index (κ1) is 15.9. The first-order chi connectivity index (χ1) is 11.8. The van der Waals surface area contributed by atoms with E-state index in [2.05, 4.69) is 10.6 Å². The predicted octanol–water partition coefficient (Wildman–Crippen LogP) is 4.43. The lowest BCUT2D eigenvalue weighted by Gasteiger charge is -2.09. The fourth-order valence-corrected chi connectivity index (χ4v) is 2.42. The van der Waals surface area contributed by atoms with Crippen molar-refractivity contribution < 1.29 is 9.53 Å². The molecule has 0 bridgehead atoms. The number of benzene rings is 3. The summed E-state index contributed by atoms with van der Waals surface area (Å²) in [5.41, 5.74) is 0.784. The molecule has 0 fully saturated rings. The molecule has 3 rings (SSSR count). The molecule has 4 heteroatoms. The zero-order valence-corrected chi connectivity index (χ0v) is 13.4. The van der Waals surface area contributed by atoms with Gasteiger partial charge in [-0.2, -0.15) is 0 Å². The van der Waals surface area contributed by atoms with Crippen molar-refractivity contribution in [1.82, 2.24) is 5.32 Å². The van der Waals surface area contributed by atoms with Crippen LogP contribution in [0.2, 0.25) is 0 Å². The van der Waals surface area contributed by atoms with Crippen LogP contribution >= 0.6 is 0 Å². The number of hydrogen-bond donors (Lipinski definition) is 2. The number of nitrogens with one attached hydrogen (secondary N) is 2. The fraction of sp³-hybridized carbons (Fsp3) is 0.150. The largest absolute Gasteiger partial charge is 0.494 e. The highest BCUT2D eigenvalue weighted by atomic mass is 16.5. The number of anilines is 1. The fourth-order valence-electron chi connectivity index (χ4n) is 2.42. The van der Waals surface area contributed by atoms with E-state index in [9.17, 15) is 4.79 Å². The Morgan fingerprint density at radius 2 is 1.62 bits per heavy atom. The Hall–Kier alpha value is -3.01. The molecule has 3 aromatic rings. The third-order valence-electron chi connectivity index (χ3n) is 3.63. The van der Waals surface area contributed by atoms with Crippen LogP contribution in [0.5, 0.6) is 5.75 Å². The smallest absolute Gasteiger partial charge is 0.319 e. The molecular formula is C20H20N2O2. The van der Waals surface area contributed by atoms with Gasteiger partial charge in [-0.25, -0.2) is 4.79 Å². The van der Waals surface area contributed by atoms with Gasteiger partial charge in [-0.1, -0.05) is 48.5 Å². The molecule has 0 aliphatic rings. The Balaban J connectivity index is 1.40. The van der Waals surface area contributed by atoms with Crippen LogP contribution in [-0.2, 0) is 0 Å². The number of urea groups is 1. The van der Waals surface area contributed by atoms with Gasteiger partial charge in [-0.15, -0.1) is 0 Å². The summed E-state index contributed by atoms with van der Waals surface area (Å²) in [7, 11) is 0. The Morgan fingerprint density at radius 1 is 0.875 bits per heavy atom. The predicted molar refractivity (Wildman–Crippen MR) is 97.5 cm³/mol. The molecule has 0 spiro atoms. The number of rotatable bonds is 6. The SMILES string of the molecule is O=C(NCCCOc1ccccc1)Nc1ccc2ccccc2c1. The van der Waals surface area contributed by atoms with Crippen LogP contribution in [0.25, 0.3) is 10.8 Å². The summed E-state index contributed by atoms with van der Waals surface area (Å²) in [5, 5.41) is 7.94. The van der Waals surface area contributed by atoms with E-state index in [0.29, 0.717) is 13.2 Å². The Bertz CT molecular complexity index is 803. The van der Waals surface area contributed by atoms with Crippen LogP contribution in [-0.4, -0.2) is 19.2 Å². The molecule has 2 amide bonds. The molecule has 0 saturated carbocycles. The van der Waals surface area contributed by atoms with E-state index < -0.39 is 0 Å². The minimum absolute atomic E-state index is 0.204. The maximum atomic E-state index is 11.9. The van der Waals surface area contributed by atoms with Gasteiger partial charge < -0.3 is 15.4 Å². The average Bonchev–Trinajstić information content (AvgIpc) is 2.62. The lowest BCUT2D eigenvalue weighted by molar-refractivity contribution is 0.250. The highest BCUT2D eigenvalue weighted by Crippen LogP contribution is 2.18. The Morgan fingerprint density at radius 3 is 2.46 bits per heavy atom. The average molecular weight is 320 g/mol. The minimum atomic E-state index is -0.204. The van der Waals surface area contributed by atoms with Crippen molar-refractivity contribution in [3.63, 3.8) is 0 Å². The number of amides is 2. The lowest BCUT2D eigenvalue weighted by atomic mass is 10.1. The summed E-state index contributed by atoms with van der Waals surface area (Å²) in [6, 6.07) is 23.4. The summed E-state index contributed by atoms with van der Waals surface area (Å²) in [5.74, 6) is 0.845. The molecule has 2 N–H and O–H groups in total. The van der Waals surface area contributed by atoms with Crippen LogP contribution in [0.4, 0.5) is 10.5 Å². The van der Waals surface area contributed by atoms with Crippen molar-refractivity contribution in [1.29, 1.82) is 0 Å². The van der Waals surface area contributed by atoms with Gasteiger partial charge in [0.1, 0.15) is 5.75 Å². The summed E-state index contributed by atoms with van der Waals surface area (Å²) >= 11 is 0. The number of fused-ring (bicyclic) bond motifs is 1. The van der Waals surface area contributed by atoms with E-state index in [0.717, 1.165) is 28.6 Å². The topological polar surface area (TPSA) is 50.4 Å². The van der Waals surface area contributed by atoms with Crippen LogP contribution in [0.3, 0.4) is 0 Å². The van der Waals surface area contributed by atoms with Gasteiger partial charge >= 0.3 is 6.03 Å². The quantitative estimate of drug-likeness (QED) is 0.660. The van der Waals surface area contributed by atoms with Gasteiger partial charge in [0.05, 0.1) is 6.61 Å². The first-order valence-corrected chi connectivity index (χ1v) is 8.03. The highest BCUT2D eigenvalue weighted by molar-refractivity contribution is 5.93. The number of carbonyl (C=O) groups is 1. The summed E-state index contributed by atoms with van der Waals surface area (Å²) in [6.45, 7) is 1.13. The van der Waals surface area contributed by atoms with E-state index in [1.165, 1.54) is 0 Å². The lowest BCUT2D eigenvalue weighted by Crippen LogP contribution is -2.30. The summed E-state index contributed by atoms with van der Waals surface area (Å²) < 4.78 is 5.58. The van der Waals surface area contributed by atoms with Crippen LogP contribution < -0.4 is 15.4 Å². The van der Waals surface area contributed by atoms with Crippen LogP contribution in [0, 0.1) is 0 Å². The normalized spacial score (nSPS) is 10.3. The van der Waals surface area contributed by atoms with E-state index in [1.54, 1.807) is 0 Å². The van der Waals surface area contributed by atoms with Gasteiger partial charge in [0.25, 0.3) is 0 Å². The van der Waals surface area contributed by atoms with Crippen molar-refractivity contribution in [3.8, 4) is 5.75 Å². The molecule has 3 aromatic carbocycles. The van der Waals surface area contributed by atoms with Crippen LogP contribution in [0.15, 0.2) is 72.8 Å². The standard InChI is InChI=1S/C20H20N2O2/c23-20(21-13-6-14-24-19-9-2-1-3-10-19)22-18-12-11-16-7-4-5-8-17(16)15-18/h1-5,7-12,15H,6,13-14H2,(H2,21,22,23). The molecular weight excluding hydrogens is 300 g/mol. The van der Waals surface area contributed by atoms with E-state index in [1.807, 2.05) is 72.8 Å². The number of para-hydroxylation sites is 1. The van der Waals surface area contributed by atoms with Gasteiger partial charge in [-0.05, 0) is 41.5 Å². The zero-order valence-electron chi connectivity index (χ0n) is 13.4. The molecule has 0 aliphatic heterocycles. The molecule has 0 atom stereocenters. The van der Waals surface area contributed by atoms with E-state index in [-0.39, 0.29) is 6.03 Å². The summed E-state index contributed by atoms with van der Waals surface area (Å²) in [4.78, 5) is 11.9. The third kappa shape index (κ3) is 4.49. The van der Waals surface area contributed by atoms with Crippen molar-refractivity contribution in [2.24, 2.45) is 0 Å². The van der Waals surface area contributed by atoms with Crippen molar-refractivity contribution in [2.45, 2.75) is 6.42 Å². The number of hydrogen-bond acceptors (Lipinski definition) is 2. The number of ether oxygens (including phenoxy) is 1. The van der Waals surface area contributed by atoms with E-state index in [4.69, 9.17) is 4.74 Å².